The molecule has 1 aliphatic rings. The van der Waals surface area contributed by atoms with Gasteiger partial charge in [0.2, 0.25) is 5.89 Å². The Morgan fingerprint density at radius 1 is 1.44 bits per heavy atom. The van der Waals surface area contributed by atoms with Crippen molar-refractivity contribution in [2.75, 3.05) is 19.6 Å². The maximum Gasteiger partial charge on any atom is 0.226 e. The Morgan fingerprint density at radius 3 is 3.11 bits per heavy atom. The Morgan fingerprint density at radius 2 is 2.33 bits per heavy atom. The van der Waals surface area contributed by atoms with Gasteiger partial charge in [-0.2, -0.15) is 4.98 Å². The number of rotatable bonds is 6. The smallest absolute Gasteiger partial charge is 0.226 e. The lowest BCUT2D eigenvalue weighted by Gasteiger charge is -2.34. The first-order valence-corrected chi connectivity index (χ1v) is 7.09. The van der Waals surface area contributed by atoms with Gasteiger partial charge in [0, 0.05) is 18.9 Å². The van der Waals surface area contributed by atoms with Crippen LogP contribution in [-0.2, 0) is 12.8 Å². The van der Waals surface area contributed by atoms with Crippen molar-refractivity contribution in [1.29, 1.82) is 0 Å². The topological polar surface area (TPSA) is 68.2 Å². The lowest BCUT2D eigenvalue weighted by atomic mass is 9.99. The Hall–Kier alpha value is -0.940. The summed E-state index contributed by atoms with van der Waals surface area (Å²) < 4.78 is 5.24. The average Bonchev–Trinajstić information content (AvgIpc) is 2.84. The van der Waals surface area contributed by atoms with Gasteiger partial charge in [-0.3, -0.25) is 0 Å². The molecule has 0 saturated carbocycles. The summed E-state index contributed by atoms with van der Waals surface area (Å²) in [5.74, 6) is 1.58. The van der Waals surface area contributed by atoms with Crippen molar-refractivity contribution < 1.29 is 4.52 Å². The Bertz CT molecular complexity index is 353. The first kappa shape index (κ1) is 13.5. The Labute approximate surface area is 109 Å². The van der Waals surface area contributed by atoms with E-state index in [2.05, 4.69) is 22.0 Å². The highest BCUT2D eigenvalue weighted by Gasteiger charge is 2.23. The second-order valence-electron chi connectivity index (χ2n) is 4.98. The van der Waals surface area contributed by atoms with Crippen molar-refractivity contribution in [3.05, 3.63) is 11.7 Å². The molecule has 1 saturated heterocycles. The number of likely N-dealkylation sites (tertiary alicyclic amines) is 1. The van der Waals surface area contributed by atoms with Crippen LogP contribution in [0.4, 0.5) is 0 Å². The van der Waals surface area contributed by atoms with Gasteiger partial charge in [-0.15, -0.1) is 0 Å². The summed E-state index contributed by atoms with van der Waals surface area (Å²) in [4.78, 5) is 6.98. The van der Waals surface area contributed by atoms with E-state index in [4.69, 9.17) is 10.3 Å². The molecule has 102 valence electrons. The maximum absolute atomic E-state index is 5.47. The molecule has 1 atom stereocenters. The maximum atomic E-state index is 5.47. The molecule has 0 spiro atoms. The third-order valence-corrected chi connectivity index (χ3v) is 3.68. The molecular formula is C13H24N4O. The molecule has 5 heteroatoms. The molecule has 1 fully saturated rings. The average molecular weight is 252 g/mol. The molecule has 5 nitrogen and oxygen atoms in total. The number of aromatic nitrogens is 2. The molecule has 0 radical (unpaired) electrons. The third-order valence-electron chi connectivity index (χ3n) is 3.68. The highest BCUT2D eigenvalue weighted by Crippen LogP contribution is 2.19. The van der Waals surface area contributed by atoms with Crippen LogP contribution in [0.5, 0.6) is 0 Å². The van der Waals surface area contributed by atoms with E-state index in [-0.39, 0.29) is 0 Å². The van der Waals surface area contributed by atoms with E-state index in [0.29, 0.717) is 12.6 Å². The molecule has 2 heterocycles. The first-order valence-electron chi connectivity index (χ1n) is 7.09. The molecule has 0 bridgehead atoms. The summed E-state index contributed by atoms with van der Waals surface area (Å²) in [6, 6.07) is 0.587. The van der Waals surface area contributed by atoms with Crippen LogP contribution >= 0.6 is 0 Å². The molecule has 1 aliphatic heterocycles. The molecule has 0 amide bonds. The molecule has 0 aromatic carbocycles. The van der Waals surface area contributed by atoms with E-state index in [1.165, 1.54) is 25.8 Å². The molecular weight excluding hydrogens is 228 g/mol. The van der Waals surface area contributed by atoms with Gasteiger partial charge < -0.3 is 15.2 Å². The second-order valence-corrected chi connectivity index (χ2v) is 4.98. The number of nitrogens with two attached hydrogens (primary N) is 1. The number of nitrogens with zero attached hydrogens (tertiary/aromatic N) is 3. The number of piperidine rings is 1. The number of hydrogen-bond donors (Lipinski definition) is 1. The van der Waals surface area contributed by atoms with Crippen molar-refractivity contribution in [1.82, 2.24) is 15.0 Å². The Balaban J connectivity index is 1.89. The van der Waals surface area contributed by atoms with Gasteiger partial charge in [-0.05, 0) is 38.9 Å². The second kappa shape index (κ2) is 6.85. The SMILES string of the molecule is CCN1CCCCC1Cc1noc(CCCN)n1. The summed E-state index contributed by atoms with van der Waals surface area (Å²) in [6.45, 7) is 5.22. The van der Waals surface area contributed by atoms with Crippen LogP contribution in [0.3, 0.4) is 0 Å². The van der Waals surface area contributed by atoms with Crippen LogP contribution in [-0.4, -0.2) is 40.7 Å². The fraction of sp³-hybridized carbons (Fsp3) is 0.846. The summed E-state index contributed by atoms with van der Waals surface area (Å²) in [5.41, 5.74) is 5.47. The van der Waals surface area contributed by atoms with Crippen LogP contribution in [0.25, 0.3) is 0 Å². The third kappa shape index (κ3) is 3.53. The lowest BCUT2D eigenvalue weighted by molar-refractivity contribution is 0.153. The largest absolute Gasteiger partial charge is 0.339 e. The van der Waals surface area contributed by atoms with Crippen molar-refractivity contribution in [3.8, 4) is 0 Å². The highest BCUT2D eigenvalue weighted by atomic mass is 16.5. The van der Waals surface area contributed by atoms with Crippen LogP contribution in [0, 0.1) is 0 Å². The minimum Gasteiger partial charge on any atom is -0.339 e. The zero-order chi connectivity index (χ0) is 12.8. The monoisotopic (exact) mass is 252 g/mol. The van der Waals surface area contributed by atoms with Crippen molar-refractivity contribution in [2.24, 2.45) is 5.73 Å². The predicted molar refractivity (Wildman–Crippen MR) is 70.3 cm³/mol. The zero-order valence-electron chi connectivity index (χ0n) is 11.3. The van der Waals surface area contributed by atoms with E-state index < -0.39 is 0 Å². The van der Waals surface area contributed by atoms with E-state index in [1.54, 1.807) is 0 Å². The van der Waals surface area contributed by atoms with Crippen LogP contribution in [0.15, 0.2) is 4.52 Å². The summed E-state index contributed by atoms with van der Waals surface area (Å²) in [6.07, 6.45) is 6.51. The minimum atomic E-state index is 0.587. The molecule has 1 aromatic heterocycles. The fourth-order valence-electron chi connectivity index (χ4n) is 2.65. The molecule has 1 aromatic rings. The van der Waals surface area contributed by atoms with E-state index in [0.717, 1.165) is 37.5 Å². The van der Waals surface area contributed by atoms with Gasteiger partial charge in [0.05, 0.1) is 0 Å². The van der Waals surface area contributed by atoms with Crippen LogP contribution in [0.2, 0.25) is 0 Å². The number of aryl methyl sites for hydroxylation is 1. The van der Waals surface area contributed by atoms with Crippen molar-refractivity contribution >= 4 is 0 Å². The van der Waals surface area contributed by atoms with E-state index in [1.807, 2.05) is 0 Å². The Kier molecular flexibility index (Phi) is 5.13. The van der Waals surface area contributed by atoms with Gasteiger partial charge in [0.1, 0.15) is 0 Å². The molecule has 2 rings (SSSR count). The summed E-state index contributed by atoms with van der Waals surface area (Å²) in [7, 11) is 0. The summed E-state index contributed by atoms with van der Waals surface area (Å²) in [5, 5.41) is 4.08. The zero-order valence-corrected chi connectivity index (χ0v) is 11.3. The van der Waals surface area contributed by atoms with Crippen LogP contribution < -0.4 is 5.73 Å². The molecule has 0 aliphatic carbocycles. The first-order chi connectivity index (χ1) is 8.83. The van der Waals surface area contributed by atoms with Crippen molar-refractivity contribution in [3.63, 3.8) is 0 Å². The fourth-order valence-corrected chi connectivity index (χ4v) is 2.65. The quantitative estimate of drug-likeness (QED) is 0.828. The normalized spacial score (nSPS) is 21.3. The number of hydrogen-bond acceptors (Lipinski definition) is 5. The number of likely N-dealkylation sites (N-methyl/N-ethyl adjacent to an activating group) is 1. The lowest BCUT2D eigenvalue weighted by Crippen LogP contribution is -2.40. The highest BCUT2D eigenvalue weighted by molar-refractivity contribution is 4.92. The molecule has 2 N–H and O–H groups in total. The molecule has 1 unspecified atom stereocenters. The molecule has 18 heavy (non-hydrogen) atoms. The van der Waals surface area contributed by atoms with Gasteiger partial charge in [-0.1, -0.05) is 18.5 Å². The van der Waals surface area contributed by atoms with Crippen molar-refractivity contribution in [2.45, 2.75) is 51.5 Å². The van der Waals surface area contributed by atoms with Gasteiger partial charge in [0.25, 0.3) is 0 Å². The summed E-state index contributed by atoms with van der Waals surface area (Å²) >= 11 is 0. The van der Waals surface area contributed by atoms with E-state index in [9.17, 15) is 0 Å². The minimum absolute atomic E-state index is 0.587. The van der Waals surface area contributed by atoms with Gasteiger partial charge >= 0.3 is 0 Å². The van der Waals surface area contributed by atoms with Crippen LogP contribution in [0.1, 0.15) is 44.3 Å². The van der Waals surface area contributed by atoms with Gasteiger partial charge in [0.15, 0.2) is 5.82 Å². The van der Waals surface area contributed by atoms with Gasteiger partial charge in [-0.25, -0.2) is 0 Å². The van der Waals surface area contributed by atoms with E-state index >= 15 is 0 Å². The standard InChI is InChI=1S/C13H24N4O/c1-2-17-9-4-3-6-11(17)10-12-15-13(18-16-12)7-5-8-14/h11H,2-10,14H2,1H3. The predicted octanol–water partition coefficient (Wildman–Crippen LogP) is 1.38.